The molecule has 1 atom stereocenters. The Labute approximate surface area is 96.2 Å². The summed E-state index contributed by atoms with van der Waals surface area (Å²) in [6.45, 7) is 3.02. The van der Waals surface area contributed by atoms with Crippen molar-refractivity contribution in [2.45, 2.75) is 31.7 Å². The SMILES string of the molecule is CC[C@](N)(CC/C=C\CNCC=N)C(=O)O. The zero-order valence-corrected chi connectivity index (χ0v) is 9.70. The van der Waals surface area contributed by atoms with Crippen LogP contribution in [0.2, 0.25) is 0 Å². The first kappa shape index (κ1) is 14.8. The first-order valence-electron chi connectivity index (χ1n) is 5.43. The van der Waals surface area contributed by atoms with Crippen molar-refractivity contribution in [2.24, 2.45) is 5.73 Å². The zero-order chi connectivity index (χ0) is 12.4. The van der Waals surface area contributed by atoms with Crippen LogP contribution in [0.1, 0.15) is 26.2 Å². The van der Waals surface area contributed by atoms with Crippen molar-refractivity contribution in [1.82, 2.24) is 5.32 Å². The summed E-state index contributed by atoms with van der Waals surface area (Å²) < 4.78 is 0. The minimum absolute atomic E-state index is 0.433. The van der Waals surface area contributed by atoms with Crippen molar-refractivity contribution in [3.05, 3.63) is 12.2 Å². The molecule has 0 bridgehead atoms. The van der Waals surface area contributed by atoms with E-state index in [1.165, 1.54) is 6.21 Å². The van der Waals surface area contributed by atoms with E-state index in [0.717, 1.165) is 0 Å². The van der Waals surface area contributed by atoms with Gasteiger partial charge in [-0.2, -0.15) is 0 Å². The van der Waals surface area contributed by atoms with E-state index in [-0.39, 0.29) is 0 Å². The molecule has 0 saturated heterocycles. The predicted octanol–water partition coefficient (Wildman–Crippen LogP) is 0.754. The summed E-state index contributed by atoms with van der Waals surface area (Å²) in [5, 5.41) is 18.7. The van der Waals surface area contributed by atoms with Crippen LogP contribution in [0.5, 0.6) is 0 Å². The maximum absolute atomic E-state index is 10.9. The van der Waals surface area contributed by atoms with E-state index in [1.54, 1.807) is 6.92 Å². The molecular formula is C11H21N3O2. The third-order valence-corrected chi connectivity index (χ3v) is 2.49. The first-order valence-corrected chi connectivity index (χ1v) is 5.43. The van der Waals surface area contributed by atoms with Gasteiger partial charge in [0.1, 0.15) is 5.54 Å². The second kappa shape index (κ2) is 8.01. The molecule has 0 spiro atoms. The molecular weight excluding hydrogens is 206 g/mol. The maximum atomic E-state index is 10.9. The molecule has 0 aliphatic rings. The summed E-state index contributed by atoms with van der Waals surface area (Å²) in [4.78, 5) is 10.9. The van der Waals surface area contributed by atoms with Gasteiger partial charge in [0.15, 0.2) is 0 Å². The molecule has 0 aromatic carbocycles. The van der Waals surface area contributed by atoms with Crippen LogP contribution in [0, 0.1) is 5.41 Å². The van der Waals surface area contributed by atoms with Gasteiger partial charge in [0.05, 0.1) is 0 Å². The summed E-state index contributed by atoms with van der Waals surface area (Å²) in [5.74, 6) is -0.940. The van der Waals surface area contributed by atoms with E-state index in [4.69, 9.17) is 16.2 Å². The van der Waals surface area contributed by atoms with Crippen LogP contribution in [0.15, 0.2) is 12.2 Å². The number of aliphatic carboxylic acids is 1. The average molecular weight is 227 g/mol. The van der Waals surface area contributed by atoms with Crippen molar-refractivity contribution in [3.8, 4) is 0 Å². The molecule has 0 aromatic rings. The lowest BCUT2D eigenvalue weighted by Crippen LogP contribution is -2.47. The molecule has 0 saturated carbocycles. The highest BCUT2D eigenvalue weighted by molar-refractivity contribution is 5.78. The largest absolute Gasteiger partial charge is 0.480 e. The number of rotatable bonds is 9. The van der Waals surface area contributed by atoms with Crippen LogP contribution >= 0.6 is 0 Å². The lowest BCUT2D eigenvalue weighted by Gasteiger charge is -2.21. The number of hydrogen-bond acceptors (Lipinski definition) is 4. The van der Waals surface area contributed by atoms with Crippen LogP contribution in [0.25, 0.3) is 0 Å². The Morgan fingerprint density at radius 2 is 2.19 bits per heavy atom. The normalized spacial score (nSPS) is 14.9. The second-order valence-electron chi connectivity index (χ2n) is 3.69. The molecule has 16 heavy (non-hydrogen) atoms. The van der Waals surface area contributed by atoms with E-state index in [1.807, 2.05) is 12.2 Å². The van der Waals surface area contributed by atoms with E-state index >= 15 is 0 Å². The maximum Gasteiger partial charge on any atom is 0.323 e. The number of carbonyl (C=O) groups is 1. The summed E-state index contributed by atoms with van der Waals surface area (Å²) in [6, 6.07) is 0. The Morgan fingerprint density at radius 3 is 2.69 bits per heavy atom. The van der Waals surface area contributed by atoms with Crippen molar-refractivity contribution in [1.29, 1.82) is 5.41 Å². The van der Waals surface area contributed by atoms with Gasteiger partial charge in [-0.3, -0.25) is 4.79 Å². The third-order valence-electron chi connectivity index (χ3n) is 2.49. The Kier molecular flexibility index (Phi) is 7.41. The lowest BCUT2D eigenvalue weighted by molar-refractivity contribution is -0.143. The lowest BCUT2D eigenvalue weighted by atomic mass is 9.92. The summed E-state index contributed by atoms with van der Waals surface area (Å²) in [7, 11) is 0. The molecule has 92 valence electrons. The van der Waals surface area contributed by atoms with Crippen LogP contribution < -0.4 is 11.1 Å². The van der Waals surface area contributed by atoms with E-state index in [0.29, 0.717) is 32.4 Å². The Morgan fingerprint density at radius 1 is 1.50 bits per heavy atom. The van der Waals surface area contributed by atoms with Gasteiger partial charge in [-0.05, 0) is 19.3 Å². The van der Waals surface area contributed by atoms with Crippen molar-refractivity contribution in [2.75, 3.05) is 13.1 Å². The summed E-state index contributed by atoms with van der Waals surface area (Å²) >= 11 is 0. The first-order chi connectivity index (χ1) is 7.56. The van der Waals surface area contributed by atoms with Crippen LogP contribution in [-0.2, 0) is 4.79 Å². The molecule has 0 rings (SSSR count). The average Bonchev–Trinajstić information content (AvgIpc) is 2.27. The Hall–Kier alpha value is -1.20. The standard InChI is InChI=1S/C11H21N3O2/c1-2-11(13,10(15)16)6-4-3-5-8-14-9-7-12/h3,5,7,12,14H,2,4,6,8-9,13H2,1H3,(H,15,16)/b5-3-,12-7?/t11-/m0/s1. The fourth-order valence-electron chi connectivity index (χ4n) is 1.22. The molecule has 0 radical (unpaired) electrons. The molecule has 5 N–H and O–H groups in total. The van der Waals surface area contributed by atoms with Crippen LogP contribution in [0.3, 0.4) is 0 Å². The van der Waals surface area contributed by atoms with Crippen molar-refractivity contribution >= 4 is 12.2 Å². The second-order valence-corrected chi connectivity index (χ2v) is 3.69. The van der Waals surface area contributed by atoms with Gasteiger partial charge in [0, 0.05) is 19.3 Å². The molecule has 5 heteroatoms. The van der Waals surface area contributed by atoms with E-state index in [2.05, 4.69) is 5.32 Å². The molecule has 5 nitrogen and oxygen atoms in total. The van der Waals surface area contributed by atoms with Gasteiger partial charge in [0.2, 0.25) is 0 Å². The van der Waals surface area contributed by atoms with Gasteiger partial charge in [0.25, 0.3) is 0 Å². The van der Waals surface area contributed by atoms with Gasteiger partial charge in [-0.1, -0.05) is 19.1 Å². The monoisotopic (exact) mass is 227 g/mol. The Balaban J connectivity index is 3.78. The number of hydrogen-bond donors (Lipinski definition) is 4. The number of carboxylic acid groups (broad SMARTS) is 1. The van der Waals surface area contributed by atoms with Crippen LogP contribution in [-0.4, -0.2) is 35.9 Å². The highest BCUT2D eigenvalue weighted by Crippen LogP contribution is 2.14. The predicted molar refractivity (Wildman–Crippen MR) is 64.9 cm³/mol. The molecule has 0 aliphatic heterocycles. The third kappa shape index (κ3) is 5.63. The molecule has 0 heterocycles. The number of carboxylic acids is 1. The molecule has 0 unspecified atom stereocenters. The number of nitrogens with two attached hydrogens (primary N) is 1. The van der Waals surface area contributed by atoms with Crippen molar-refractivity contribution < 1.29 is 9.90 Å². The smallest absolute Gasteiger partial charge is 0.323 e. The minimum atomic E-state index is -1.10. The zero-order valence-electron chi connectivity index (χ0n) is 9.70. The van der Waals surface area contributed by atoms with Gasteiger partial charge in [-0.15, -0.1) is 0 Å². The number of allylic oxidation sites excluding steroid dienone is 1. The topological polar surface area (TPSA) is 99.2 Å². The minimum Gasteiger partial charge on any atom is -0.480 e. The quantitative estimate of drug-likeness (QED) is 0.265. The molecule has 0 aliphatic carbocycles. The summed E-state index contributed by atoms with van der Waals surface area (Å²) in [6.07, 6.45) is 6.66. The summed E-state index contributed by atoms with van der Waals surface area (Å²) in [5.41, 5.74) is 4.62. The number of nitrogens with one attached hydrogen (secondary N) is 2. The molecule has 0 aromatic heterocycles. The molecule has 0 fully saturated rings. The Bertz CT molecular complexity index is 254. The van der Waals surface area contributed by atoms with Crippen LogP contribution in [0.4, 0.5) is 0 Å². The van der Waals surface area contributed by atoms with Gasteiger partial charge < -0.3 is 21.6 Å². The van der Waals surface area contributed by atoms with E-state index in [9.17, 15) is 4.79 Å². The van der Waals surface area contributed by atoms with Gasteiger partial charge in [-0.25, -0.2) is 0 Å². The van der Waals surface area contributed by atoms with E-state index < -0.39 is 11.5 Å². The fraction of sp³-hybridized carbons (Fsp3) is 0.636. The van der Waals surface area contributed by atoms with Crippen molar-refractivity contribution in [3.63, 3.8) is 0 Å². The fourth-order valence-corrected chi connectivity index (χ4v) is 1.22. The molecule has 0 amide bonds. The highest BCUT2D eigenvalue weighted by atomic mass is 16.4. The highest BCUT2D eigenvalue weighted by Gasteiger charge is 2.30. The van der Waals surface area contributed by atoms with Gasteiger partial charge >= 0.3 is 5.97 Å².